The van der Waals surface area contributed by atoms with E-state index in [9.17, 15) is 13.2 Å². The second kappa shape index (κ2) is 7.81. The van der Waals surface area contributed by atoms with Crippen molar-refractivity contribution in [1.82, 2.24) is 14.1 Å². The van der Waals surface area contributed by atoms with Gasteiger partial charge in [-0.2, -0.15) is 9.40 Å². The Hall–Kier alpha value is -2.77. The Labute approximate surface area is 177 Å². The summed E-state index contributed by atoms with van der Waals surface area (Å²) in [5.74, 6) is -0.216. The first-order valence-corrected chi connectivity index (χ1v) is 11.4. The average Bonchev–Trinajstić information content (AvgIpc) is 3.06. The summed E-state index contributed by atoms with van der Waals surface area (Å²) < 4.78 is 29.9. The summed E-state index contributed by atoms with van der Waals surface area (Å²) in [6.07, 6.45) is 0.649. The maximum absolute atomic E-state index is 13.5. The number of aryl methyl sites for hydroxylation is 3. The van der Waals surface area contributed by atoms with Crippen molar-refractivity contribution < 1.29 is 13.2 Å². The van der Waals surface area contributed by atoms with E-state index in [4.69, 9.17) is 0 Å². The Kier molecular flexibility index (Phi) is 5.34. The van der Waals surface area contributed by atoms with Crippen LogP contribution in [0.2, 0.25) is 0 Å². The van der Waals surface area contributed by atoms with Crippen LogP contribution in [0.5, 0.6) is 0 Å². The van der Waals surface area contributed by atoms with Crippen molar-refractivity contribution in [2.75, 3.05) is 6.54 Å². The van der Waals surface area contributed by atoms with Gasteiger partial charge in [0.2, 0.25) is 15.9 Å². The van der Waals surface area contributed by atoms with Crippen molar-refractivity contribution >= 4 is 15.9 Å². The molecule has 2 heterocycles. The number of aromatic nitrogens is 2. The molecular formula is C23H25N3O3S. The predicted molar refractivity (Wildman–Crippen MR) is 115 cm³/mol. The summed E-state index contributed by atoms with van der Waals surface area (Å²) in [5, 5.41) is 4.29. The number of hydrogen-bond donors (Lipinski definition) is 0. The van der Waals surface area contributed by atoms with Gasteiger partial charge in [0, 0.05) is 18.7 Å². The molecule has 1 aliphatic heterocycles. The van der Waals surface area contributed by atoms with Crippen LogP contribution in [0.4, 0.5) is 0 Å². The molecule has 0 bridgehead atoms. The summed E-state index contributed by atoms with van der Waals surface area (Å²) in [7, 11) is -3.75. The molecule has 156 valence electrons. The first-order chi connectivity index (χ1) is 14.3. The van der Waals surface area contributed by atoms with Gasteiger partial charge >= 0.3 is 0 Å². The van der Waals surface area contributed by atoms with Gasteiger partial charge in [-0.25, -0.2) is 13.1 Å². The van der Waals surface area contributed by atoms with Crippen LogP contribution in [0.25, 0.3) is 0 Å². The van der Waals surface area contributed by atoms with E-state index < -0.39 is 16.1 Å². The van der Waals surface area contributed by atoms with E-state index in [0.29, 0.717) is 13.0 Å². The van der Waals surface area contributed by atoms with Crippen LogP contribution in [-0.2, 0) is 16.4 Å². The fourth-order valence-corrected chi connectivity index (χ4v) is 5.71. The second-order valence-electron chi connectivity index (χ2n) is 7.83. The molecule has 4 rings (SSSR count). The smallest absolute Gasteiger partial charge is 0.249 e. The first kappa shape index (κ1) is 20.5. The van der Waals surface area contributed by atoms with Gasteiger partial charge in [-0.1, -0.05) is 42.0 Å². The number of carbonyl (C=O) groups excluding carboxylic acids is 1. The molecule has 0 unspecified atom stereocenters. The summed E-state index contributed by atoms with van der Waals surface area (Å²) in [6, 6.07) is 15.9. The van der Waals surface area contributed by atoms with Gasteiger partial charge in [-0.3, -0.25) is 4.79 Å². The highest BCUT2D eigenvalue weighted by atomic mass is 32.2. The molecule has 0 spiro atoms. The number of sulfonamides is 1. The van der Waals surface area contributed by atoms with Crippen LogP contribution in [-0.4, -0.2) is 35.0 Å². The Morgan fingerprint density at radius 3 is 2.43 bits per heavy atom. The molecule has 1 atom stereocenters. The molecule has 0 fully saturated rings. The van der Waals surface area contributed by atoms with Gasteiger partial charge in [0.15, 0.2) is 0 Å². The van der Waals surface area contributed by atoms with E-state index in [-0.39, 0.29) is 17.2 Å². The quantitative estimate of drug-likeness (QED) is 0.639. The number of carbonyl (C=O) groups is 1. The largest absolute Gasteiger partial charge is 0.272 e. The average molecular weight is 424 g/mol. The molecule has 0 aliphatic carbocycles. The lowest BCUT2D eigenvalue weighted by molar-refractivity contribution is 0.0849. The molecule has 0 N–H and O–H groups in total. The van der Waals surface area contributed by atoms with Crippen LogP contribution >= 0.6 is 0 Å². The van der Waals surface area contributed by atoms with Crippen LogP contribution in [0, 0.1) is 20.8 Å². The highest BCUT2D eigenvalue weighted by Crippen LogP contribution is 2.36. The topological polar surface area (TPSA) is 72.3 Å². The number of hydrogen-bond acceptors (Lipinski definition) is 4. The molecule has 2 aromatic carbocycles. The third kappa shape index (κ3) is 3.70. The van der Waals surface area contributed by atoms with Gasteiger partial charge in [0.25, 0.3) is 0 Å². The van der Waals surface area contributed by atoms with Crippen LogP contribution in [0.15, 0.2) is 59.5 Å². The lowest BCUT2D eigenvalue weighted by atomic mass is 9.92. The highest BCUT2D eigenvalue weighted by molar-refractivity contribution is 7.89. The van der Waals surface area contributed by atoms with Gasteiger partial charge in [0.1, 0.15) is 0 Å². The molecule has 30 heavy (non-hydrogen) atoms. The number of nitrogens with zero attached hydrogens (tertiary/aromatic N) is 3. The van der Waals surface area contributed by atoms with Crippen molar-refractivity contribution in [1.29, 1.82) is 0 Å². The Balaban J connectivity index is 1.75. The van der Waals surface area contributed by atoms with E-state index in [1.54, 1.807) is 24.3 Å². The zero-order valence-corrected chi connectivity index (χ0v) is 18.2. The van der Waals surface area contributed by atoms with E-state index in [1.807, 2.05) is 51.1 Å². The van der Waals surface area contributed by atoms with E-state index in [1.165, 1.54) is 8.99 Å². The SMILES string of the molecule is Cc1ccc(S(=O)(=O)N2CCc3ccccc3[C@H]2CC(=O)n2nc(C)cc2C)cc1. The van der Waals surface area contributed by atoms with Crippen molar-refractivity contribution in [3.8, 4) is 0 Å². The first-order valence-electron chi connectivity index (χ1n) is 10.00. The van der Waals surface area contributed by atoms with E-state index >= 15 is 0 Å². The molecular weight excluding hydrogens is 398 g/mol. The fraction of sp³-hybridized carbons (Fsp3) is 0.304. The number of rotatable bonds is 4. The van der Waals surface area contributed by atoms with E-state index in [0.717, 1.165) is 28.1 Å². The Morgan fingerprint density at radius 1 is 1.07 bits per heavy atom. The lowest BCUT2D eigenvalue weighted by Gasteiger charge is -2.36. The Bertz CT molecular complexity index is 1200. The molecule has 3 aromatic rings. The molecule has 1 aromatic heterocycles. The zero-order valence-electron chi connectivity index (χ0n) is 17.4. The van der Waals surface area contributed by atoms with Gasteiger partial charge in [0.05, 0.1) is 16.6 Å². The second-order valence-corrected chi connectivity index (χ2v) is 9.72. The maximum Gasteiger partial charge on any atom is 0.249 e. The van der Waals surface area contributed by atoms with Crippen molar-refractivity contribution in [3.05, 3.63) is 82.7 Å². The van der Waals surface area contributed by atoms with Crippen LogP contribution in [0.3, 0.4) is 0 Å². The van der Waals surface area contributed by atoms with Gasteiger partial charge in [-0.05, 0) is 56.5 Å². The minimum atomic E-state index is -3.75. The molecule has 0 radical (unpaired) electrons. The van der Waals surface area contributed by atoms with Crippen molar-refractivity contribution in [3.63, 3.8) is 0 Å². The van der Waals surface area contributed by atoms with Crippen LogP contribution < -0.4 is 0 Å². The lowest BCUT2D eigenvalue weighted by Crippen LogP contribution is -2.41. The summed E-state index contributed by atoms with van der Waals surface area (Å²) in [4.78, 5) is 13.3. The van der Waals surface area contributed by atoms with E-state index in [2.05, 4.69) is 5.10 Å². The minimum Gasteiger partial charge on any atom is -0.272 e. The molecule has 0 saturated carbocycles. The van der Waals surface area contributed by atoms with Gasteiger partial charge in [-0.15, -0.1) is 0 Å². The molecule has 0 amide bonds. The molecule has 1 aliphatic rings. The predicted octanol–water partition coefficient (Wildman–Crippen LogP) is 3.83. The number of benzene rings is 2. The summed E-state index contributed by atoms with van der Waals surface area (Å²) in [5.41, 5.74) is 4.46. The van der Waals surface area contributed by atoms with Crippen molar-refractivity contribution in [2.45, 2.75) is 44.6 Å². The Morgan fingerprint density at radius 2 is 1.77 bits per heavy atom. The third-order valence-electron chi connectivity index (χ3n) is 5.60. The summed E-state index contributed by atoms with van der Waals surface area (Å²) in [6.45, 7) is 5.92. The zero-order chi connectivity index (χ0) is 21.5. The normalized spacial score (nSPS) is 17.0. The monoisotopic (exact) mass is 423 g/mol. The molecule has 7 heteroatoms. The summed E-state index contributed by atoms with van der Waals surface area (Å²) >= 11 is 0. The van der Waals surface area contributed by atoms with Gasteiger partial charge < -0.3 is 0 Å². The number of fused-ring (bicyclic) bond motifs is 1. The van der Waals surface area contributed by atoms with Crippen molar-refractivity contribution in [2.24, 2.45) is 0 Å². The third-order valence-corrected chi connectivity index (χ3v) is 7.53. The maximum atomic E-state index is 13.5. The minimum absolute atomic E-state index is 0.0318. The fourth-order valence-electron chi connectivity index (χ4n) is 4.11. The van der Waals surface area contributed by atoms with Crippen LogP contribution in [0.1, 0.15) is 45.3 Å². The standard InChI is InChI=1S/C23H25N3O3S/c1-16-8-10-20(11-9-16)30(28,29)25-13-12-19-6-4-5-7-21(19)22(25)15-23(27)26-18(3)14-17(2)24-26/h4-11,14,22H,12-13,15H2,1-3H3/t22-/m1/s1. The highest BCUT2D eigenvalue weighted by Gasteiger charge is 2.37. The molecule has 6 nitrogen and oxygen atoms in total. The molecule has 0 saturated heterocycles.